The summed E-state index contributed by atoms with van der Waals surface area (Å²) in [4.78, 5) is 14.0. The van der Waals surface area contributed by atoms with Crippen LogP contribution in [-0.2, 0) is 12.8 Å². The number of rotatable bonds is 22. The lowest BCUT2D eigenvalue weighted by molar-refractivity contribution is 0.578. The average molecular weight is 977 g/mol. The van der Waals surface area contributed by atoms with Crippen LogP contribution >= 0.6 is 67.9 Å². The van der Waals surface area contributed by atoms with Gasteiger partial charge in [-0.25, -0.2) is 9.97 Å². The molecule has 5 rings (SSSR count). The monoisotopic (exact) mass is 976 g/mol. The molecule has 0 aliphatic heterocycles. The minimum Gasteiger partial charge on any atom is -0.248 e. The van der Waals surface area contributed by atoms with E-state index in [-0.39, 0.29) is 0 Å². The van der Waals surface area contributed by atoms with E-state index in [1.54, 1.807) is 0 Å². The van der Waals surface area contributed by atoms with Crippen LogP contribution in [0.2, 0.25) is 0 Å². The van der Waals surface area contributed by atoms with Gasteiger partial charge in [-0.3, -0.25) is 0 Å². The molecule has 282 valence electrons. The topological polar surface area (TPSA) is 25.8 Å². The van der Waals surface area contributed by atoms with Gasteiger partial charge in [0.25, 0.3) is 0 Å². The van der Waals surface area contributed by atoms with Crippen molar-refractivity contribution in [1.29, 1.82) is 0 Å². The highest BCUT2D eigenvalue weighted by Gasteiger charge is 2.14. The summed E-state index contributed by atoms with van der Waals surface area (Å²) >= 11 is 8.69. The molecule has 54 heavy (non-hydrogen) atoms. The molecule has 1 aromatic carbocycles. The van der Waals surface area contributed by atoms with E-state index in [4.69, 9.17) is 0 Å². The molecule has 0 aliphatic carbocycles. The molecule has 0 unspecified atom stereocenters. The van der Waals surface area contributed by atoms with Crippen molar-refractivity contribution in [1.82, 2.24) is 9.97 Å². The molecule has 6 heteroatoms. The molecule has 0 amide bonds. The lowest BCUT2D eigenvalue weighted by Crippen LogP contribution is -1.85. The van der Waals surface area contributed by atoms with Gasteiger partial charge >= 0.3 is 0 Å². The summed E-state index contributed by atoms with van der Waals surface area (Å²) in [5.41, 5.74) is 6.50. The predicted octanol–water partition coefficient (Wildman–Crippen LogP) is 14.9. The molecule has 0 fully saturated rings. The maximum absolute atomic E-state index is 4.45. The van der Waals surface area contributed by atoms with Crippen LogP contribution in [0, 0.1) is 23.7 Å². The number of aromatic nitrogens is 2. The van der Waals surface area contributed by atoms with Crippen LogP contribution in [0.3, 0.4) is 0 Å². The molecule has 4 heterocycles. The molecular formula is C48H54I2N2S2. The number of halogens is 2. The van der Waals surface area contributed by atoms with Gasteiger partial charge < -0.3 is 0 Å². The first-order valence-corrected chi connectivity index (χ1v) is 24.8. The van der Waals surface area contributed by atoms with Gasteiger partial charge in [0, 0.05) is 33.3 Å². The van der Waals surface area contributed by atoms with E-state index in [9.17, 15) is 0 Å². The van der Waals surface area contributed by atoms with Gasteiger partial charge in [-0.05, 0) is 119 Å². The Balaban J connectivity index is 1.29. The van der Waals surface area contributed by atoms with Gasteiger partial charge in [0.15, 0.2) is 0 Å². The molecule has 5 aromatic rings. The Morgan fingerprint density at radius 3 is 1.15 bits per heavy atom. The molecule has 0 N–H and O–H groups in total. The largest absolute Gasteiger partial charge is 0.248 e. The van der Waals surface area contributed by atoms with Crippen LogP contribution in [-0.4, -0.2) is 18.8 Å². The summed E-state index contributed by atoms with van der Waals surface area (Å²) in [6.07, 6.45) is 27.4. The van der Waals surface area contributed by atoms with Gasteiger partial charge in [0.2, 0.25) is 0 Å². The fourth-order valence-corrected chi connectivity index (χ4v) is 9.83. The number of unbranched alkanes of at least 4 members (excludes halogenated alkanes) is 14. The number of aryl methyl sites for hydroxylation is 2. The van der Waals surface area contributed by atoms with Gasteiger partial charge in [-0.2, -0.15) is 0 Å². The molecule has 2 nitrogen and oxygen atoms in total. The highest BCUT2D eigenvalue weighted by molar-refractivity contribution is 14.1. The number of alkyl halides is 2. The Kier molecular flexibility index (Phi) is 20.2. The van der Waals surface area contributed by atoms with Crippen molar-refractivity contribution in [2.45, 2.75) is 116 Å². The highest BCUT2D eigenvalue weighted by atomic mass is 127. The highest BCUT2D eigenvalue weighted by Crippen LogP contribution is 2.36. The standard InChI is InChI=1S/C48H54I2N2S2/c49-33-17-11-7-3-1-5-9-13-23-43-37-45(47(53-43)31-29-41-21-15-19-35-51-41)39-25-27-40(28-26-39)46-38-44(24-14-10-6-2-4-8-12-18-34-50)54-48(46)32-30-42-22-16-20-36-52-42/h15-16,19-22,25-28,35-38H,1-14,17-18,23-24,33-34H2. The molecule has 0 spiro atoms. The van der Waals surface area contributed by atoms with Crippen molar-refractivity contribution in [3.63, 3.8) is 0 Å². The first kappa shape index (κ1) is 42.6. The fraction of sp³-hybridized carbons (Fsp3) is 0.417. The number of hydrogen-bond acceptors (Lipinski definition) is 4. The minimum absolute atomic E-state index is 0.807. The van der Waals surface area contributed by atoms with Gasteiger partial charge in [0.1, 0.15) is 11.4 Å². The molecule has 0 saturated carbocycles. The third-order valence-electron chi connectivity index (χ3n) is 9.62. The first-order chi connectivity index (χ1) is 26.7. The van der Waals surface area contributed by atoms with Crippen molar-refractivity contribution in [3.05, 3.63) is 116 Å². The maximum Gasteiger partial charge on any atom is 0.113 e. The van der Waals surface area contributed by atoms with Crippen LogP contribution in [0.1, 0.15) is 134 Å². The minimum atomic E-state index is 0.807. The number of nitrogens with zero attached hydrogens (tertiary/aromatic N) is 2. The van der Waals surface area contributed by atoms with Crippen LogP contribution in [0.15, 0.2) is 85.2 Å². The third-order valence-corrected chi connectivity index (χ3v) is 13.4. The molecule has 0 radical (unpaired) electrons. The fourth-order valence-electron chi connectivity index (χ4n) is 6.60. The quantitative estimate of drug-likeness (QED) is 0.0299. The normalized spacial score (nSPS) is 10.9. The van der Waals surface area contributed by atoms with Crippen LogP contribution in [0.25, 0.3) is 22.3 Å². The van der Waals surface area contributed by atoms with Gasteiger partial charge in [0.05, 0.1) is 9.75 Å². The van der Waals surface area contributed by atoms with E-state index in [0.717, 1.165) is 34.0 Å². The number of thiophene rings is 2. The first-order valence-electron chi connectivity index (χ1n) is 20.1. The van der Waals surface area contributed by atoms with Crippen molar-refractivity contribution >= 4 is 67.9 Å². The van der Waals surface area contributed by atoms with E-state index in [0.29, 0.717) is 0 Å². The number of pyridine rings is 2. The molecular weight excluding hydrogens is 922 g/mol. The summed E-state index contributed by atoms with van der Waals surface area (Å²) in [6.45, 7) is 0. The maximum atomic E-state index is 4.45. The number of hydrogen-bond donors (Lipinski definition) is 0. The lowest BCUT2D eigenvalue weighted by atomic mass is 9.99. The van der Waals surface area contributed by atoms with Crippen LogP contribution in [0.4, 0.5) is 0 Å². The second-order valence-corrected chi connectivity index (χ2v) is 18.4. The Bertz CT molecular complexity index is 1770. The molecule has 0 aliphatic rings. The zero-order valence-corrected chi connectivity index (χ0v) is 37.6. The summed E-state index contributed by atoms with van der Waals surface area (Å²) in [5.74, 6) is 13.7. The lowest BCUT2D eigenvalue weighted by Gasteiger charge is -2.04. The zero-order chi connectivity index (χ0) is 37.5. The Labute approximate surface area is 361 Å². The average Bonchev–Trinajstić information content (AvgIpc) is 3.82. The smallest absolute Gasteiger partial charge is 0.113 e. The predicted molar refractivity (Wildman–Crippen MR) is 253 cm³/mol. The molecule has 4 aromatic heterocycles. The Morgan fingerprint density at radius 2 is 0.796 bits per heavy atom. The number of benzene rings is 1. The van der Waals surface area contributed by atoms with Crippen LogP contribution in [0.5, 0.6) is 0 Å². The SMILES string of the molecule is ICCCCCCCCCCc1cc(-c2ccc(-c3cc(CCCCCCCCCCI)sc3C#Cc3ccccn3)cc2)c(C#Cc2ccccn2)s1. The summed E-state index contributed by atoms with van der Waals surface area (Å²) < 4.78 is 2.58. The van der Waals surface area contributed by atoms with Gasteiger partial charge in [-0.15, -0.1) is 22.7 Å². The third kappa shape index (κ3) is 15.2. The van der Waals surface area contributed by atoms with Crippen molar-refractivity contribution in [2.75, 3.05) is 8.86 Å². The van der Waals surface area contributed by atoms with Gasteiger partial charge in [-0.1, -0.05) is 159 Å². The second kappa shape index (κ2) is 25.6. The molecule has 0 atom stereocenters. The van der Waals surface area contributed by atoms with Crippen LogP contribution < -0.4 is 0 Å². The summed E-state index contributed by atoms with van der Waals surface area (Å²) in [7, 11) is 0. The summed E-state index contributed by atoms with van der Waals surface area (Å²) in [6, 6.07) is 25.7. The van der Waals surface area contributed by atoms with E-state index in [1.807, 2.05) is 71.5 Å². The van der Waals surface area contributed by atoms with E-state index >= 15 is 0 Å². The second-order valence-electron chi connectivity index (χ2n) is 14.0. The van der Waals surface area contributed by atoms with Crippen molar-refractivity contribution in [2.24, 2.45) is 0 Å². The van der Waals surface area contributed by atoms with E-state index in [2.05, 4.69) is 115 Å². The van der Waals surface area contributed by atoms with Crippen molar-refractivity contribution < 1.29 is 0 Å². The summed E-state index contributed by atoms with van der Waals surface area (Å²) in [5, 5.41) is 0. The molecule has 0 bridgehead atoms. The van der Waals surface area contributed by atoms with Crippen molar-refractivity contribution in [3.8, 4) is 45.9 Å². The zero-order valence-electron chi connectivity index (χ0n) is 31.7. The molecule has 0 saturated heterocycles. The Morgan fingerprint density at radius 1 is 0.426 bits per heavy atom. The van der Waals surface area contributed by atoms with E-state index < -0.39 is 0 Å². The Hall–Kier alpha value is -2.50. The van der Waals surface area contributed by atoms with E-state index in [1.165, 1.54) is 144 Å².